The first-order valence-corrected chi connectivity index (χ1v) is 7.03. The summed E-state index contributed by atoms with van der Waals surface area (Å²) in [6.45, 7) is 4.07. The first-order valence-electron chi connectivity index (χ1n) is 7.03. The molecular weight excluding hydrogens is 248 g/mol. The fourth-order valence-electron chi connectivity index (χ4n) is 2.18. The van der Waals surface area contributed by atoms with Gasteiger partial charge in [-0.3, -0.25) is 0 Å². The molecule has 0 N–H and O–H groups in total. The smallest absolute Gasteiger partial charge is 0.338 e. The second-order valence-electron chi connectivity index (χ2n) is 4.96. The summed E-state index contributed by atoms with van der Waals surface area (Å²) >= 11 is 0. The van der Waals surface area contributed by atoms with E-state index in [4.69, 9.17) is 4.74 Å². The molecule has 0 spiro atoms. The zero-order chi connectivity index (χ0) is 14.4. The van der Waals surface area contributed by atoms with Crippen molar-refractivity contribution in [1.29, 1.82) is 0 Å². The lowest BCUT2D eigenvalue weighted by Crippen LogP contribution is -2.17. The molecule has 0 fully saturated rings. The number of carbonyl (C=O) groups excluding carboxylic acids is 1. The molecule has 0 aliphatic rings. The van der Waals surface area contributed by atoms with E-state index in [2.05, 4.69) is 31.2 Å². The molecule has 1 atom stereocenters. The molecule has 20 heavy (non-hydrogen) atoms. The van der Waals surface area contributed by atoms with Crippen LogP contribution in [0.3, 0.4) is 0 Å². The van der Waals surface area contributed by atoms with Crippen molar-refractivity contribution in [2.24, 2.45) is 0 Å². The first kappa shape index (κ1) is 14.3. The van der Waals surface area contributed by atoms with Crippen molar-refractivity contribution in [2.75, 3.05) is 0 Å². The molecule has 104 valence electrons. The van der Waals surface area contributed by atoms with Crippen molar-refractivity contribution >= 4 is 5.97 Å². The van der Waals surface area contributed by atoms with Gasteiger partial charge in [0.05, 0.1) is 5.56 Å². The molecule has 2 nitrogen and oxygen atoms in total. The van der Waals surface area contributed by atoms with Gasteiger partial charge in [-0.25, -0.2) is 4.79 Å². The second-order valence-corrected chi connectivity index (χ2v) is 4.96. The van der Waals surface area contributed by atoms with E-state index < -0.39 is 0 Å². The minimum absolute atomic E-state index is 0.130. The quantitative estimate of drug-likeness (QED) is 0.765. The molecule has 0 unspecified atom stereocenters. The fourth-order valence-corrected chi connectivity index (χ4v) is 2.18. The van der Waals surface area contributed by atoms with E-state index in [-0.39, 0.29) is 12.1 Å². The van der Waals surface area contributed by atoms with Crippen molar-refractivity contribution in [1.82, 2.24) is 0 Å². The molecule has 2 aromatic rings. The van der Waals surface area contributed by atoms with Gasteiger partial charge in [0.1, 0.15) is 6.10 Å². The number of benzene rings is 2. The van der Waals surface area contributed by atoms with Crippen LogP contribution in [0, 0.1) is 0 Å². The van der Waals surface area contributed by atoms with Crippen molar-refractivity contribution in [3.63, 3.8) is 0 Å². The average molecular weight is 268 g/mol. The van der Waals surface area contributed by atoms with Crippen LogP contribution in [0.1, 0.15) is 35.3 Å². The van der Waals surface area contributed by atoms with E-state index in [0.29, 0.717) is 5.56 Å². The highest BCUT2D eigenvalue weighted by atomic mass is 16.5. The molecule has 0 saturated heterocycles. The SMILES string of the molecule is CCc1cccc(C[C@@H](C)OC(=O)c2ccccc2)c1. The van der Waals surface area contributed by atoms with Gasteiger partial charge >= 0.3 is 5.97 Å². The van der Waals surface area contributed by atoms with Crippen LogP contribution in [0.25, 0.3) is 0 Å². The third-order valence-corrected chi connectivity index (χ3v) is 3.24. The minimum atomic E-state index is -0.259. The van der Waals surface area contributed by atoms with Crippen LogP contribution in [0.15, 0.2) is 54.6 Å². The summed E-state index contributed by atoms with van der Waals surface area (Å²) in [7, 11) is 0. The van der Waals surface area contributed by atoms with Crippen LogP contribution in [0.5, 0.6) is 0 Å². The molecular formula is C18H20O2. The van der Waals surface area contributed by atoms with Crippen LogP contribution < -0.4 is 0 Å². The Bertz CT molecular complexity index is 561. The summed E-state index contributed by atoms with van der Waals surface area (Å²) in [5.41, 5.74) is 3.11. The third kappa shape index (κ3) is 3.95. The van der Waals surface area contributed by atoms with Gasteiger partial charge in [0.2, 0.25) is 0 Å². The molecule has 0 radical (unpaired) electrons. The highest BCUT2D eigenvalue weighted by Gasteiger charge is 2.12. The maximum atomic E-state index is 11.9. The highest BCUT2D eigenvalue weighted by Crippen LogP contribution is 2.11. The Balaban J connectivity index is 1.95. The Morgan fingerprint density at radius 1 is 1.05 bits per heavy atom. The van der Waals surface area contributed by atoms with Crippen LogP contribution >= 0.6 is 0 Å². The Morgan fingerprint density at radius 2 is 1.75 bits per heavy atom. The lowest BCUT2D eigenvalue weighted by molar-refractivity contribution is 0.0343. The van der Waals surface area contributed by atoms with Gasteiger partial charge in [-0.2, -0.15) is 0 Å². The number of aryl methyl sites for hydroxylation is 1. The predicted octanol–water partition coefficient (Wildman–Crippen LogP) is 4.04. The Morgan fingerprint density at radius 3 is 2.45 bits per heavy atom. The Kier molecular flexibility index (Phi) is 4.94. The zero-order valence-corrected chi connectivity index (χ0v) is 12.0. The van der Waals surface area contributed by atoms with Gasteiger partial charge in [0.25, 0.3) is 0 Å². The number of hydrogen-bond donors (Lipinski definition) is 0. The Labute approximate surface area is 120 Å². The van der Waals surface area contributed by atoms with Gasteiger partial charge in [-0.05, 0) is 36.6 Å². The van der Waals surface area contributed by atoms with Crippen LogP contribution in [-0.4, -0.2) is 12.1 Å². The largest absolute Gasteiger partial charge is 0.459 e. The van der Waals surface area contributed by atoms with Gasteiger partial charge in [0.15, 0.2) is 0 Å². The maximum absolute atomic E-state index is 11.9. The van der Waals surface area contributed by atoms with Gasteiger partial charge < -0.3 is 4.74 Å². The summed E-state index contributed by atoms with van der Waals surface area (Å²) in [4.78, 5) is 11.9. The average Bonchev–Trinajstić information content (AvgIpc) is 2.48. The van der Waals surface area contributed by atoms with E-state index in [0.717, 1.165) is 12.8 Å². The molecule has 2 aromatic carbocycles. The summed E-state index contributed by atoms with van der Waals surface area (Å²) in [5, 5.41) is 0. The monoisotopic (exact) mass is 268 g/mol. The predicted molar refractivity (Wildman–Crippen MR) is 80.8 cm³/mol. The molecule has 0 saturated carbocycles. The molecule has 0 aliphatic carbocycles. The number of carbonyl (C=O) groups is 1. The maximum Gasteiger partial charge on any atom is 0.338 e. The van der Waals surface area contributed by atoms with Crippen LogP contribution in [-0.2, 0) is 17.6 Å². The topological polar surface area (TPSA) is 26.3 Å². The second kappa shape index (κ2) is 6.90. The van der Waals surface area contributed by atoms with Crippen LogP contribution in [0.4, 0.5) is 0 Å². The van der Waals surface area contributed by atoms with Crippen LogP contribution in [0.2, 0.25) is 0 Å². The van der Waals surface area contributed by atoms with Gasteiger partial charge in [-0.1, -0.05) is 49.4 Å². The number of hydrogen-bond acceptors (Lipinski definition) is 2. The van der Waals surface area contributed by atoms with E-state index in [1.54, 1.807) is 12.1 Å². The van der Waals surface area contributed by atoms with E-state index in [1.807, 2.05) is 25.1 Å². The molecule has 0 aliphatic heterocycles. The summed E-state index contributed by atoms with van der Waals surface area (Å²) in [6.07, 6.45) is 1.63. The van der Waals surface area contributed by atoms with Crippen molar-refractivity contribution in [3.8, 4) is 0 Å². The Hall–Kier alpha value is -2.09. The van der Waals surface area contributed by atoms with Gasteiger partial charge in [0, 0.05) is 6.42 Å². The molecule has 0 bridgehead atoms. The molecule has 0 amide bonds. The fraction of sp³-hybridized carbons (Fsp3) is 0.278. The standard InChI is InChI=1S/C18H20O2/c1-3-15-8-7-9-16(13-15)12-14(2)20-18(19)17-10-5-4-6-11-17/h4-11,13-14H,3,12H2,1-2H3/t14-/m1/s1. The molecule has 0 heterocycles. The summed E-state index contributed by atoms with van der Waals surface area (Å²) < 4.78 is 5.47. The molecule has 2 heteroatoms. The third-order valence-electron chi connectivity index (χ3n) is 3.24. The van der Waals surface area contributed by atoms with Crippen molar-refractivity contribution in [2.45, 2.75) is 32.8 Å². The number of ether oxygens (including phenoxy) is 1. The number of rotatable bonds is 5. The van der Waals surface area contributed by atoms with Crippen molar-refractivity contribution in [3.05, 3.63) is 71.3 Å². The minimum Gasteiger partial charge on any atom is -0.459 e. The summed E-state index contributed by atoms with van der Waals surface area (Å²) in [5.74, 6) is -0.259. The van der Waals surface area contributed by atoms with Gasteiger partial charge in [-0.15, -0.1) is 0 Å². The lowest BCUT2D eigenvalue weighted by Gasteiger charge is -2.14. The van der Waals surface area contributed by atoms with Crippen molar-refractivity contribution < 1.29 is 9.53 Å². The highest BCUT2D eigenvalue weighted by molar-refractivity contribution is 5.89. The molecule has 2 rings (SSSR count). The van der Waals surface area contributed by atoms with E-state index in [1.165, 1.54) is 11.1 Å². The molecule has 0 aromatic heterocycles. The lowest BCUT2D eigenvalue weighted by atomic mass is 10.0. The summed E-state index contributed by atoms with van der Waals surface area (Å²) in [6, 6.07) is 17.5. The van der Waals surface area contributed by atoms with E-state index >= 15 is 0 Å². The normalized spacial score (nSPS) is 11.9. The first-order chi connectivity index (χ1) is 9.69. The zero-order valence-electron chi connectivity index (χ0n) is 12.0. The van der Waals surface area contributed by atoms with E-state index in [9.17, 15) is 4.79 Å². The number of esters is 1.